The third kappa shape index (κ3) is 5.33. The van der Waals surface area contributed by atoms with Gasteiger partial charge in [-0.15, -0.1) is 0 Å². The van der Waals surface area contributed by atoms with Gasteiger partial charge in [-0.05, 0) is 60.7 Å². The number of nitrogens with zero attached hydrogens (tertiary/aromatic N) is 1. The van der Waals surface area contributed by atoms with E-state index in [1.54, 1.807) is 0 Å². The second kappa shape index (κ2) is 8.71. The summed E-state index contributed by atoms with van der Waals surface area (Å²) in [7, 11) is 0. The summed E-state index contributed by atoms with van der Waals surface area (Å²) < 4.78 is 0. The quantitative estimate of drug-likeness (QED) is 0.747. The molecule has 0 saturated carbocycles. The Bertz CT molecular complexity index is 776. The van der Waals surface area contributed by atoms with Gasteiger partial charge >= 0.3 is 0 Å². The third-order valence-corrected chi connectivity index (χ3v) is 4.80. The van der Waals surface area contributed by atoms with Crippen LogP contribution in [0, 0.1) is 0 Å². The lowest BCUT2D eigenvalue weighted by Gasteiger charge is -2.17. The molecule has 3 rings (SSSR count). The fourth-order valence-electron chi connectivity index (χ4n) is 3.24. The van der Waals surface area contributed by atoms with Gasteiger partial charge in [0.1, 0.15) is 6.42 Å². The summed E-state index contributed by atoms with van der Waals surface area (Å²) in [6, 6.07) is 15.5. The maximum absolute atomic E-state index is 12.1. The van der Waals surface area contributed by atoms with Gasteiger partial charge in [0.15, 0.2) is 0 Å². The number of benzene rings is 2. The highest BCUT2D eigenvalue weighted by atomic mass is 16.2. The van der Waals surface area contributed by atoms with Crippen LogP contribution < -0.4 is 15.5 Å². The van der Waals surface area contributed by atoms with E-state index in [0.717, 1.165) is 13.1 Å². The molecule has 0 aromatic heterocycles. The van der Waals surface area contributed by atoms with E-state index < -0.39 is 0 Å². The SMILES string of the molecule is CC(C)c1ccc(NC(=O)CC(=O)Nc2ccc(N3CCCC3)cc2)cc1. The summed E-state index contributed by atoms with van der Waals surface area (Å²) >= 11 is 0. The van der Waals surface area contributed by atoms with Crippen molar-refractivity contribution in [2.45, 2.75) is 39.0 Å². The van der Waals surface area contributed by atoms with Crippen molar-refractivity contribution in [1.29, 1.82) is 0 Å². The molecule has 0 radical (unpaired) electrons. The average molecular weight is 365 g/mol. The van der Waals surface area contributed by atoms with Gasteiger partial charge in [0.05, 0.1) is 0 Å². The summed E-state index contributed by atoms with van der Waals surface area (Å²) in [6.07, 6.45) is 2.25. The van der Waals surface area contributed by atoms with Gasteiger partial charge in [0, 0.05) is 30.2 Å². The highest BCUT2D eigenvalue weighted by Gasteiger charge is 2.13. The van der Waals surface area contributed by atoms with E-state index in [4.69, 9.17) is 0 Å². The van der Waals surface area contributed by atoms with Crippen molar-refractivity contribution < 1.29 is 9.59 Å². The summed E-state index contributed by atoms with van der Waals surface area (Å²) in [4.78, 5) is 26.5. The molecular weight excluding hydrogens is 338 g/mol. The summed E-state index contributed by atoms with van der Waals surface area (Å²) in [5, 5.41) is 5.55. The average Bonchev–Trinajstić information content (AvgIpc) is 3.17. The molecule has 5 nitrogen and oxygen atoms in total. The molecule has 2 amide bonds. The Balaban J connectivity index is 1.48. The smallest absolute Gasteiger partial charge is 0.233 e. The zero-order chi connectivity index (χ0) is 19.2. The number of nitrogens with one attached hydrogen (secondary N) is 2. The molecule has 1 aliphatic rings. The zero-order valence-electron chi connectivity index (χ0n) is 16.0. The fourth-order valence-corrected chi connectivity index (χ4v) is 3.24. The Labute approximate surface area is 160 Å². The molecule has 0 bridgehead atoms. The number of rotatable bonds is 6. The normalized spacial score (nSPS) is 13.7. The minimum atomic E-state index is -0.321. The second-order valence-electron chi connectivity index (χ2n) is 7.29. The molecule has 0 atom stereocenters. The summed E-state index contributed by atoms with van der Waals surface area (Å²) in [5.74, 6) is -0.198. The van der Waals surface area contributed by atoms with Gasteiger partial charge in [0.25, 0.3) is 0 Å². The van der Waals surface area contributed by atoms with E-state index in [1.165, 1.54) is 24.1 Å². The van der Waals surface area contributed by atoms with Crippen LogP contribution in [-0.2, 0) is 9.59 Å². The van der Waals surface area contributed by atoms with Crippen LogP contribution in [0.15, 0.2) is 48.5 Å². The first-order chi connectivity index (χ1) is 13.0. The first-order valence-electron chi connectivity index (χ1n) is 9.56. The summed E-state index contributed by atoms with van der Waals surface area (Å²) in [5.41, 5.74) is 3.79. The molecule has 1 aliphatic heterocycles. The number of hydrogen-bond acceptors (Lipinski definition) is 3. The Kier molecular flexibility index (Phi) is 6.12. The number of amides is 2. The van der Waals surface area contributed by atoms with E-state index in [2.05, 4.69) is 29.4 Å². The highest BCUT2D eigenvalue weighted by Crippen LogP contribution is 2.22. The van der Waals surface area contributed by atoms with Crippen molar-refractivity contribution in [1.82, 2.24) is 0 Å². The Morgan fingerprint density at radius 1 is 0.852 bits per heavy atom. The van der Waals surface area contributed by atoms with Gasteiger partial charge < -0.3 is 15.5 Å². The van der Waals surface area contributed by atoms with Crippen molar-refractivity contribution in [2.75, 3.05) is 28.6 Å². The van der Waals surface area contributed by atoms with Crippen LogP contribution in [0.4, 0.5) is 17.1 Å². The van der Waals surface area contributed by atoms with Crippen molar-refractivity contribution in [3.8, 4) is 0 Å². The van der Waals surface area contributed by atoms with Crippen molar-refractivity contribution in [2.24, 2.45) is 0 Å². The number of carbonyl (C=O) groups is 2. The van der Waals surface area contributed by atoms with Gasteiger partial charge in [-0.25, -0.2) is 0 Å². The lowest BCUT2D eigenvalue weighted by molar-refractivity contribution is -0.123. The number of carbonyl (C=O) groups excluding carboxylic acids is 2. The molecule has 0 aliphatic carbocycles. The van der Waals surface area contributed by atoms with Gasteiger partial charge in [-0.3, -0.25) is 9.59 Å². The largest absolute Gasteiger partial charge is 0.372 e. The van der Waals surface area contributed by atoms with Gasteiger partial charge in [-0.2, -0.15) is 0 Å². The van der Waals surface area contributed by atoms with Gasteiger partial charge in [-0.1, -0.05) is 26.0 Å². The van der Waals surface area contributed by atoms with E-state index >= 15 is 0 Å². The van der Waals surface area contributed by atoms with Crippen LogP contribution in [-0.4, -0.2) is 24.9 Å². The van der Waals surface area contributed by atoms with Crippen LogP contribution in [0.5, 0.6) is 0 Å². The maximum Gasteiger partial charge on any atom is 0.233 e. The van der Waals surface area contributed by atoms with Crippen LogP contribution in [0.3, 0.4) is 0 Å². The number of anilines is 3. The number of hydrogen-bond donors (Lipinski definition) is 2. The van der Waals surface area contributed by atoms with Crippen LogP contribution in [0.2, 0.25) is 0 Å². The van der Waals surface area contributed by atoms with E-state index in [9.17, 15) is 9.59 Å². The van der Waals surface area contributed by atoms with Gasteiger partial charge in [0.2, 0.25) is 11.8 Å². The molecule has 2 aromatic rings. The molecule has 2 N–H and O–H groups in total. The molecule has 5 heteroatoms. The van der Waals surface area contributed by atoms with Crippen molar-refractivity contribution >= 4 is 28.9 Å². The standard InChI is InChI=1S/C22H27N3O2/c1-16(2)17-5-7-18(8-6-17)23-21(26)15-22(27)24-19-9-11-20(12-10-19)25-13-3-4-14-25/h5-12,16H,3-4,13-15H2,1-2H3,(H,23,26)(H,24,27). The minimum absolute atomic E-state index is 0.209. The predicted octanol–water partition coefficient (Wildman–Crippen LogP) is 4.38. The Morgan fingerprint density at radius 3 is 1.81 bits per heavy atom. The van der Waals surface area contributed by atoms with Crippen molar-refractivity contribution in [3.63, 3.8) is 0 Å². The molecule has 142 valence electrons. The molecule has 0 spiro atoms. The summed E-state index contributed by atoms with van der Waals surface area (Å²) in [6.45, 7) is 6.42. The van der Waals surface area contributed by atoms with Crippen LogP contribution >= 0.6 is 0 Å². The van der Waals surface area contributed by atoms with Crippen LogP contribution in [0.25, 0.3) is 0 Å². The highest BCUT2D eigenvalue weighted by molar-refractivity contribution is 6.08. The first kappa shape index (κ1) is 19.0. The second-order valence-corrected chi connectivity index (χ2v) is 7.29. The molecule has 0 unspecified atom stereocenters. The van der Waals surface area contributed by atoms with E-state index in [1.807, 2.05) is 48.5 Å². The Hall–Kier alpha value is -2.82. The molecule has 1 saturated heterocycles. The fraction of sp³-hybridized carbons (Fsp3) is 0.364. The molecule has 27 heavy (non-hydrogen) atoms. The third-order valence-electron chi connectivity index (χ3n) is 4.80. The molecule has 2 aromatic carbocycles. The molecule has 1 fully saturated rings. The van der Waals surface area contributed by atoms with E-state index in [-0.39, 0.29) is 18.2 Å². The van der Waals surface area contributed by atoms with E-state index in [0.29, 0.717) is 17.3 Å². The minimum Gasteiger partial charge on any atom is -0.372 e. The predicted molar refractivity (Wildman–Crippen MR) is 110 cm³/mol. The van der Waals surface area contributed by atoms with Crippen molar-refractivity contribution in [3.05, 3.63) is 54.1 Å². The maximum atomic E-state index is 12.1. The zero-order valence-corrected chi connectivity index (χ0v) is 16.0. The monoisotopic (exact) mass is 365 g/mol. The first-order valence-corrected chi connectivity index (χ1v) is 9.56. The topological polar surface area (TPSA) is 61.4 Å². The van der Waals surface area contributed by atoms with Crippen LogP contribution in [0.1, 0.15) is 44.6 Å². The molecular formula is C22H27N3O2. The lowest BCUT2D eigenvalue weighted by atomic mass is 10.0. The molecule has 1 heterocycles. The lowest BCUT2D eigenvalue weighted by Crippen LogP contribution is -2.21. The Morgan fingerprint density at radius 2 is 1.33 bits per heavy atom.